The minimum absolute atomic E-state index is 0.0786. The average Bonchev–Trinajstić information content (AvgIpc) is 3.69. The lowest BCUT2D eigenvalue weighted by Gasteiger charge is -2.56. The Kier molecular flexibility index (Phi) is 5.62. The molecule has 3 aromatic heterocycles. The fraction of sp³-hybridized carbons (Fsp3) is 0.529. The number of aromatic nitrogens is 5. The second-order valence-electron chi connectivity index (χ2n) is 14.2. The first-order valence-electron chi connectivity index (χ1n) is 16.2. The molecule has 3 aliphatic heterocycles. The van der Waals surface area contributed by atoms with Crippen molar-refractivity contribution in [3.63, 3.8) is 0 Å². The molecule has 0 amide bonds. The number of hydrogen-bond acceptors (Lipinski definition) is 8. The molecule has 2 atom stereocenters. The molecular formula is C34H40N8O. The molecule has 9 heteroatoms. The highest BCUT2D eigenvalue weighted by atomic mass is 16.3. The van der Waals surface area contributed by atoms with Gasteiger partial charge in [0.1, 0.15) is 5.75 Å². The maximum atomic E-state index is 10.4. The number of fused-ring (bicyclic) bond motifs is 3. The third-order valence-electron chi connectivity index (χ3n) is 11.8. The monoisotopic (exact) mass is 576 g/mol. The van der Waals surface area contributed by atoms with E-state index in [9.17, 15) is 5.11 Å². The molecule has 2 aliphatic carbocycles. The molecule has 2 N–H and O–H groups in total. The summed E-state index contributed by atoms with van der Waals surface area (Å²) in [5, 5.41) is 20.3. The SMILES string of the molecule is CC1c2c([nH]c3nnc(-c4ccccc4O)cc23)CCN1c1ncc(N2CCC3(CCN(C4CC5(CCC5)C4)C3)C2)cn1. The summed E-state index contributed by atoms with van der Waals surface area (Å²) in [6.07, 6.45) is 14.9. The lowest BCUT2D eigenvalue weighted by Crippen LogP contribution is -2.53. The number of H-pyrrole nitrogens is 1. The molecule has 9 rings (SSSR count). The highest BCUT2D eigenvalue weighted by molar-refractivity contribution is 5.86. The highest BCUT2D eigenvalue weighted by Gasteiger charge is 2.53. The van der Waals surface area contributed by atoms with Gasteiger partial charge < -0.3 is 19.9 Å². The molecule has 5 aliphatic rings. The van der Waals surface area contributed by atoms with Crippen LogP contribution in [0, 0.1) is 10.8 Å². The zero-order valence-corrected chi connectivity index (χ0v) is 25.0. The van der Waals surface area contributed by atoms with Crippen molar-refractivity contribution < 1.29 is 5.11 Å². The number of benzene rings is 1. The Morgan fingerprint density at radius 2 is 1.74 bits per heavy atom. The molecule has 0 bridgehead atoms. The van der Waals surface area contributed by atoms with Gasteiger partial charge in [-0.05, 0) is 75.6 Å². The number of nitrogens with zero attached hydrogens (tertiary/aromatic N) is 7. The molecule has 222 valence electrons. The van der Waals surface area contributed by atoms with Gasteiger partial charge in [-0.1, -0.05) is 18.6 Å². The molecule has 4 aromatic rings. The van der Waals surface area contributed by atoms with Crippen LogP contribution >= 0.6 is 0 Å². The van der Waals surface area contributed by atoms with Gasteiger partial charge in [0, 0.05) is 66.3 Å². The van der Waals surface area contributed by atoms with Crippen LogP contribution < -0.4 is 9.80 Å². The van der Waals surface area contributed by atoms with Crippen molar-refractivity contribution in [3.05, 3.63) is 54.0 Å². The maximum absolute atomic E-state index is 10.4. The van der Waals surface area contributed by atoms with Gasteiger partial charge in [-0.2, -0.15) is 0 Å². The third-order valence-corrected chi connectivity index (χ3v) is 11.8. The minimum atomic E-state index is 0.0786. The van der Waals surface area contributed by atoms with Crippen LogP contribution in [0.4, 0.5) is 11.6 Å². The van der Waals surface area contributed by atoms with Crippen molar-refractivity contribution >= 4 is 22.7 Å². The van der Waals surface area contributed by atoms with Crippen molar-refractivity contribution in [2.24, 2.45) is 10.8 Å². The summed E-state index contributed by atoms with van der Waals surface area (Å²) in [7, 11) is 0. The quantitative estimate of drug-likeness (QED) is 0.330. The molecule has 2 unspecified atom stereocenters. The lowest BCUT2D eigenvalue weighted by molar-refractivity contribution is -0.0501. The van der Waals surface area contributed by atoms with Crippen LogP contribution in [0.25, 0.3) is 22.3 Å². The van der Waals surface area contributed by atoms with E-state index in [2.05, 4.69) is 36.8 Å². The van der Waals surface area contributed by atoms with Crippen molar-refractivity contribution in [2.75, 3.05) is 42.5 Å². The summed E-state index contributed by atoms with van der Waals surface area (Å²) >= 11 is 0. The fourth-order valence-corrected chi connectivity index (χ4v) is 9.09. The van der Waals surface area contributed by atoms with Crippen molar-refractivity contribution in [1.82, 2.24) is 30.0 Å². The number of para-hydroxylation sites is 1. The van der Waals surface area contributed by atoms with E-state index in [1.165, 1.54) is 69.3 Å². The number of rotatable bonds is 4. The van der Waals surface area contributed by atoms with Gasteiger partial charge in [0.05, 0.1) is 29.8 Å². The Hall–Kier alpha value is -3.72. The van der Waals surface area contributed by atoms with Crippen LogP contribution in [-0.2, 0) is 6.42 Å². The van der Waals surface area contributed by atoms with Crippen molar-refractivity contribution in [1.29, 1.82) is 0 Å². The van der Waals surface area contributed by atoms with E-state index in [0.29, 0.717) is 16.7 Å². The average molecular weight is 577 g/mol. The number of aromatic hydroxyl groups is 1. The number of likely N-dealkylation sites (tertiary alicyclic amines) is 1. The topological polar surface area (TPSA) is 97.3 Å². The lowest BCUT2D eigenvalue weighted by atomic mass is 9.54. The second-order valence-corrected chi connectivity index (χ2v) is 14.2. The van der Waals surface area contributed by atoms with E-state index >= 15 is 0 Å². The normalized spacial score (nSPS) is 26.8. The third kappa shape index (κ3) is 4.07. The van der Waals surface area contributed by atoms with E-state index in [1.807, 2.05) is 36.7 Å². The van der Waals surface area contributed by atoms with E-state index in [1.54, 1.807) is 6.07 Å². The van der Waals surface area contributed by atoms with Crippen LogP contribution in [0.3, 0.4) is 0 Å². The van der Waals surface area contributed by atoms with Gasteiger partial charge in [0.25, 0.3) is 0 Å². The Balaban J connectivity index is 0.907. The molecule has 1 aromatic carbocycles. The van der Waals surface area contributed by atoms with Crippen LogP contribution in [0.5, 0.6) is 5.75 Å². The van der Waals surface area contributed by atoms with E-state index in [0.717, 1.165) is 60.2 Å². The van der Waals surface area contributed by atoms with Gasteiger partial charge in [-0.3, -0.25) is 4.90 Å². The zero-order valence-electron chi connectivity index (χ0n) is 25.0. The number of phenols is 1. The van der Waals surface area contributed by atoms with Crippen LogP contribution in [0.2, 0.25) is 0 Å². The first kappa shape index (κ1) is 25.7. The molecule has 6 heterocycles. The van der Waals surface area contributed by atoms with Crippen molar-refractivity contribution in [2.45, 2.75) is 70.4 Å². The smallest absolute Gasteiger partial charge is 0.225 e. The Morgan fingerprint density at radius 1 is 0.930 bits per heavy atom. The molecule has 4 fully saturated rings. The van der Waals surface area contributed by atoms with E-state index in [-0.39, 0.29) is 11.8 Å². The molecular weight excluding hydrogens is 536 g/mol. The summed E-state index contributed by atoms with van der Waals surface area (Å²) in [6, 6.07) is 10.3. The van der Waals surface area contributed by atoms with Crippen LogP contribution in [0.15, 0.2) is 42.7 Å². The number of nitrogens with one attached hydrogen (secondary N) is 1. The van der Waals surface area contributed by atoms with E-state index < -0.39 is 0 Å². The Labute approximate surface area is 252 Å². The molecule has 9 nitrogen and oxygen atoms in total. The summed E-state index contributed by atoms with van der Waals surface area (Å²) in [5.41, 5.74) is 6.88. The molecule has 43 heavy (non-hydrogen) atoms. The number of hydrogen-bond donors (Lipinski definition) is 2. The number of anilines is 2. The molecule has 2 spiro atoms. The maximum Gasteiger partial charge on any atom is 0.225 e. The predicted octanol–water partition coefficient (Wildman–Crippen LogP) is 5.48. The van der Waals surface area contributed by atoms with Gasteiger partial charge in [0.2, 0.25) is 5.95 Å². The predicted molar refractivity (Wildman–Crippen MR) is 167 cm³/mol. The van der Waals surface area contributed by atoms with Crippen LogP contribution in [0.1, 0.15) is 69.2 Å². The molecule has 2 saturated carbocycles. The fourth-order valence-electron chi connectivity index (χ4n) is 9.09. The molecule has 2 saturated heterocycles. The molecule has 0 radical (unpaired) electrons. The Morgan fingerprint density at radius 3 is 2.53 bits per heavy atom. The van der Waals surface area contributed by atoms with Gasteiger partial charge in [0.15, 0.2) is 5.65 Å². The largest absolute Gasteiger partial charge is 0.507 e. The first-order valence-corrected chi connectivity index (χ1v) is 16.2. The van der Waals surface area contributed by atoms with Gasteiger partial charge in [-0.25, -0.2) is 9.97 Å². The summed E-state index contributed by atoms with van der Waals surface area (Å²) < 4.78 is 0. The van der Waals surface area contributed by atoms with Gasteiger partial charge in [-0.15, -0.1) is 10.2 Å². The Bertz CT molecular complexity index is 1690. The highest BCUT2D eigenvalue weighted by Crippen LogP contribution is 2.58. The van der Waals surface area contributed by atoms with Crippen LogP contribution in [-0.4, -0.2) is 73.9 Å². The number of phenolic OH excluding ortho intramolecular Hbond substituents is 1. The van der Waals surface area contributed by atoms with Crippen molar-refractivity contribution in [3.8, 4) is 17.0 Å². The summed E-state index contributed by atoms with van der Waals surface area (Å²) in [6.45, 7) is 7.84. The zero-order chi connectivity index (χ0) is 28.8. The minimum Gasteiger partial charge on any atom is -0.507 e. The summed E-state index contributed by atoms with van der Waals surface area (Å²) in [4.78, 5) is 21.0. The van der Waals surface area contributed by atoms with Gasteiger partial charge >= 0.3 is 0 Å². The first-order chi connectivity index (χ1) is 21.0. The van der Waals surface area contributed by atoms with E-state index in [4.69, 9.17) is 9.97 Å². The number of aromatic amines is 1. The summed E-state index contributed by atoms with van der Waals surface area (Å²) in [5.74, 6) is 0.980. The second kappa shape index (κ2) is 9.39. The standard InChI is InChI=1S/C34H40N8O/c1-22-30-26-15-28(25-5-2-3-6-29(25)43)38-39-31(26)37-27(30)7-12-42(22)32-35-18-24(19-36-32)41-14-11-34(21-41)10-13-40(20-34)23-16-33(17-23)8-4-9-33/h2-3,5-6,15,18-19,22-23,43H,4,7-14,16-17,20-21H2,1H3,(H,37,39).